The van der Waals surface area contributed by atoms with Gasteiger partial charge in [0.15, 0.2) is 23.3 Å². The lowest BCUT2D eigenvalue weighted by Crippen LogP contribution is -2.06. The van der Waals surface area contributed by atoms with E-state index < -0.39 is 40.3 Å². The van der Waals surface area contributed by atoms with Gasteiger partial charge in [0.25, 0.3) is 0 Å². The maximum atomic E-state index is 13.6. The number of benzene rings is 1. The molecule has 8 heteroatoms. The summed E-state index contributed by atoms with van der Waals surface area (Å²) in [5.74, 6) is -10.4. The van der Waals surface area contributed by atoms with Gasteiger partial charge >= 0.3 is 0 Å². The first-order valence-corrected chi connectivity index (χ1v) is 5.16. The van der Waals surface area contributed by atoms with Crippen LogP contribution in [0.2, 0.25) is 0 Å². The third-order valence-electron chi connectivity index (χ3n) is 2.50. The number of nitrogens with zero attached hydrogens (tertiary/aromatic N) is 3. The van der Waals surface area contributed by atoms with E-state index in [0.29, 0.717) is 0 Å². The lowest BCUT2D eigenvalue weighted by atomic mass is 10.0. The molecule has 0 fully saturated rings. The van der Waals surface area contributed by atoms with Gasteiger partial charge in [0.2, 0.25) is 5.82 Å². The highest BCUT2D eigenvalue weighted by molar-refractivity contribution is 5.64. The third kappa shape index (κ3) is 2.07. The summed E-state index contributed by atoms with van der Waals surface area (Å²) in [7, 11) is 0. The maximum absolute atomic E-state index is 13.6. The fourth-order valence-corrected chi connectivity index (χ4v) is 1.61. The summed E-state index contributed by atoms with van der Waals surface area (Å²) in [5.41, 5.74) is -1.72. The lowest BCUT2D eigenvalue weighted by molar-refractivity contribution is 0.381. The Morgan fingerprint density at radius 3 is 2.05 bits per heavy atom. The van der Waals surface area contributed by atoms with E-state index in [9.17, 15) is 22.0 Å². The van der Waals surface area contributed by atoms with E-state index in [1.54, 1.807) is 6.07 Å². The van der Waals surface area contributed by atoms with Crippen molar-refractivity contribution in [3.8, 4) is 17.3 Å². The molecule has 102 valence electrons. The van der Waals surface area contributed by atoms with Crippen molar-refractivity contribution in [3.63, 3.8) is 0 Å². The van der Waals surface area contributed by atoms with E-state index in [1.165, 1.54) is 0 Å². The van der Waals surface area contributed by atoms with E-state index >= 15 is 0 Å². The van der Waals surface area contributed by atoms with Crippen LogP contribution in [0.3, 0.4) is 0 Å². The summed E-state index contributed by atoms with van der Waals surface area (Å²) < 4.78 is 66.5. The Hall–Kier alpha value is -2.56. The third-order valence-corrected chi connectivity index (χ3v) is 2.50. The molecule has 0 bridgehead atoms. The Morgan fingerprint density at radius 2 is 1.50 bits per heavy atom. The van der Waals surface area contributed by atoms with Gasteiger partial charge in [-0.3, -0.25) is 0 Å². The molecule has 2 aromatic rings. The first kappa shape index (κ1) is 13.9. The van der Waals surface area contributed by atoms with Crippen molar-refractivity contribution >= 4 is 0 Å². The van der Waals surface area contributed by atoms with Crippen molar-refractivity contribution in [2.45, 2.75) is 6.42 Å². The van der Waals surface area contributed by atoms with Crippen LogP contribution in [-0.2, 0) is 6.42 Å². The van der Waals surface area contributed by atoms with Crippen molar-refractivity contribution in [3.05, 3.63) is 47.2 Å². The summed E-state index contributed by atoms with van der Waals surface area (Å²) in [4.78, 5) is 7.05. The van der Waals surface area contributed by atoms with E-state index in [-0.39, 0.29) is 12.0 Å². The van der Waals surface area contributed by atoms with Crippen LogP contribution in [0.5, 0.6) is 0 Å². The molecule has 0 unspecified atom stereocenters. The predicted octanol–water partition coefficient (Wildman–Crippen LogP) is 2.91. The van der Waals surface area contributed by atoms with E-state index in [1.807, 2.05) is 0 Å². The number of hydrogen-bond acceptors (Lipinski definition) is 3. The molecule has 0 atom stereocenters. The molecule has 1 heterocycles. The van der Waals surface area contributed by atoms with Gasteiger partial charge in [0, 0.05) is 11.8 Å². The summed E-state index contributed by atoms with van der Waals surface area (Å²) in [5, 5.41) is 8.58. The number of nitriles is 1. The zero-order chi connectivity index (χ0) is 14.9. The Kier molecular flexibility index (Phi) is 3.61. The highest BCUT2D eigenvalue weighted by Crippen LogP contribution is 2.31. The minimum atomic E-state index is -2.25. The molecule has 0 aliphatic carbocycles. The molecule has 1 aromatic heterocycles. The average Bonchev–Trinajstić information content (AvgIpc) is 2.45. The molecule has 0 N–H and O–H groups in total. The van der Waals surface area contributed by atoms with E-state index in [4.69, 9.17) is 5.26 Å². The maximum Gasteiger partial charge on any atom is 0.200 e. The quantitative estimate of drug-likeness (QED) is 0.484. The van der Waals surface area contributed by atoms with Crippen molar-refractivity contribution in [1.29, 1.82) is 5.26 Å². The minimum Gasteiger partial charge on any atom is -0.244 e. The van der Waals surface area contributed by atoms with Crippen LogP contribution in [0.25, 0.3) is 11.3 Å². The number of aromatic nitrogens is 2. The molecule has 20 heavy (non-hydrogen) atoms. The van der Waals surface area contributed by atoms with Crippen LogP contribution in [0.15, 0.2) is 12.5 Å². The summed E-state index contributed by atoms with van der Waals surface area (Å²) in [6.45, 7) is 0. The second-order valence-corrected chi connectivity index (χ2v) is 3.68. The molecule has 0 saturated carbocycles. The SMILES string of the molecule is N#CCc1cncnc1-c1c(F)c(F)c(F)c(F)c1F. The van der Waals surface area contributed by atoms with Crippen LogP contribution in [0.4, 0.5) is 22.0 Å². The van der Waals surface area contributed by atoms with E-state index in [0.717, 1.165) is 12.5 Å². The topological polar surface area (TPSA) is 49.6 Å². The lowest BCUT2D eigenvalue weighted by Gasteiger charge is -2.09. The molecule has 0 aliphatic rings. The van der Waals surface area contributed by atoms with Crippen LogP contribution < -0.4 is 0 Å². The molecule has 3 nitrogen and oxygen atoms in total. The highest BCUT2D eigenvalue weighted by Gasteiger charge is 2.28. The molecule has 0 radical (unpaired) electrons. The van der Waals surface area contributed by atoms with E-state index in [2.05, 4.69) is 9.97 Å². The molecule has 2 rings (SSSR count). The van der Waals surface area contributed by atoms with Crippen molar-refractivity contribution < 1.29 is 22.0 Å². The number of rotatable bonds is 2. The fourth-order valence-electron chi connectivity index (χ4n) is 1.61. The van der Waals surface area contributed by atoms with Crippen molar-refractivity contribution in [2.75, 3.05) is 0 Å². The van der Waals surface area contributed by atoms with Crippen LogP contribution in [0.1, 0.15) is 5.56 Å². The van der Waals surface area contributed by atoms with Gasteiger partial charge in [-0.25, -0.2) is 31.9 Å². The highest BCUT2D eigenvalue weighted by atomic mass is 19.2. The Balaban J connectivity index is 2.81. The molecule has 0 saturated heterocycles. The predicted molar refractivity (Wildman–Crippen MR) is 56.6 cm³/mol. The number of hydrogen-bond donors (Lipinski definition) is 0. The Morgan fingerprint density at radius 1 is 0.950 bits per heavy atom. The van der Waals surface area contributed by atoms with Gasteiger partial charge in [0.05, 0.1) is 23.7 Å². The van der Waals surface area contributed by atoms with Gasteiger partial charge in [-0.1, -0.05) is 0 Å². The smallest absolute Gasteiger partial charge is 0.200 e. The molecule has 0 aliphatic heterocycles. The summed E-state index contributed by atoms with van der Waals surface area (Å²) in [6, 6.07) is 1.69. The van der Waals surface area contributed by atoms with Crippen molar-refractivity contribution in [1.82, 2.24) is 9.97 Å². The molecule has 0 amide bonds. The first-order chi connectivity index (χ1) is 9.49. The summed E-state index contributed by atoms with van der Waals surface area (Å²) in [6.07, 6.45) is 1.62. The van der Waals surface area contributed by atoms with Crippen LogP contribution in [0, 0.1) is 40.4 Å². The van der Waals surface area contributed by atoms with Gasteiger partial charge in [-0.05, 0) is 0 Å². The summed E-state index contributed by atoms with van der Waals surface area (Å²) >= 11 is 0. The molecule has 0 spiro atoms. The van der Waals surface area contributed by atoms with Crippen LogP contribution in [-0.4, -0.2) is 9.97 Å². The van der Waals surface area contributed by atoms with Gasteiger partial charge in [-0.15, -0.1) is 0 Å². The van der Waals surface area contributed by atoms with Crippen molar-refractivity contribution in [2.24, 2.45) is 0 Å². The number of halogens is 5. The minimum absolute atomic E-state index is 0.0433. The van der Waals surface area contributed by atoms with Gasteiger partial charge in [0.1, 0.15) is 6.33 Å². The fraction of sp³-hybridized carbons (Fsp3) is 0.0833. The molecular formula is C12H4F5N3. The zero-order valence-corrected chi connectivity index (χ0v) is 9.59. The second kappa shape index (κ2) is 5.21. The largest absolute Gasteiger partial charge is 0.244 e. The Labute approximate surface area is 109 Å². The zero-order valence-electron chi connectivity index (χ0n) is 9.59. The van der Waals surface area contributed by atoms with Crippen LogP contribution >= 0.6 is 0 Å². The standard InChI is InChI=1S/C12H4F5N3/c13-7-6(8(14)10(16)11(17)9(7)15)12-5(1-2-18)3-19-4-20-12/h3-4H,1H2. The monoisotopic (exact) mass is 285 g/mol. The van der Waals surface area contributed by atoms with Gasteiger partial charge in [-0.2, -0.15) is 5.26 Å². The van der Waals surface area contributed by atoms with Gasteiger partial charge < -0.3 is 0 Å². The second-order valence-electron chi connectivity index (χ2n) is 3.68. The first-order valence-electron chi connectivity index (χ1n) is 5.16. The molecular weight excluding hydrogens is 281 g/mol. The molecule has 1 aromatic carbocycles. The normalized spacial score (nSPS) is 10.4. The average molecular weight is 285 g/mol. The Bertz CT molecular complexity index is 695.